The predicted octanol–water partition coefficient (Wildman–Crippen LogP) is 6.13. The van der Waals surface area contributed by atoms with Gasteiger partial charge in [0.25, 0.3) is 0 Å². The Labute approximate surface area is 222 Å². The SMILES string of the molecule is COc1ncnc(C2CC2)c1-c1ncc2ccc(Cc3ccc(-c4nc(C(F)(F)F)cn4C(C)C)cc3)n2n1. The molecule has 4 heterocycles. The summed E-state index contributed by atoms with van der Waals surface area (Å²) in [6.07, 6.45) is 2.54. The van der Waals surface area contributed by atoms with Crippen molar-refractivity contribution in [1.29, 1.82) is 0 Å². The normalized spacial score (nSPS) is 13.9. The number of ether oxygens (including phenoxy) is 1. The first-order chi connectivity index (χ1) is 18.7. The van der Waals surface area contributed by atoms with Crippen LogP contribution in [0.5, 0.6) is 5.88 Å². The van der Waals surface area contributed by atoms with Gasteiger partial charge in [-0.1, -0.05) is 24.3 Å². The molecular weight excluding hydrogens is 507 g/mol. The molecule has 1 aliphatic carbocycles. The fourth-order valence-corrected chi connectivity index (χ4v) is 4.74. The van der Waals surface area contributed by atoms with Crippen LogP contribution < -0.4 is 4.74 Å². The molecule has 0 N–H and O–H groups in total. The van der Waals surface area contributed by atoms with Crippen molar-refractivity contribution in [1.82, 2.24) is 34.1 Å². The maximum absolute atomic E-state index is 13.3. The number of hydrogen-bond donors (Lipinski definition) is 0. The van der Waals surface area contributed by atoms with Crippen molar-refractivity contribution >= 4 is 5.52 Å². The van der Waals surface area contributed by atoms with E-state index in [2.05, 4.69) is 19.9 Å². The second-order valence-corrected chi connectivity index (χ2v) is 9.98. The van der Waals surface area contributed by atoms with Crippen LogP contribution in [-0.2, 0) is 12.6 Å². The summed E-state index contributed by atoms with van der Waals surface area (Å²) in [5.41, 5.74) is 4.11. The van der Waals surface area contributed by atoms with E-state index in [0.717, 1.165) is 41.5 Å². The largest absolute Gasteiger partial charge is 0.480 e. The van der Waals surface area contributed by atoms with Gasteiger partial charge in [0, 0.05) is 35.8 Å². The Morgan fingerprint density at radius 2 is 1.79 bits per heavy atom. The number of aromatic nitrogens is 7. The lowest BCUT2D eigenvalue weighted by atomic mass is 10.1. The Bertz CT molecular complexity index is 1650. The summed E-state index contributed by atoms with van der Waals surface area (Å²) in [6, 6.07) is 11.2. The Kier molecular flexibility index (Phi) is 6.08. The van der Waals surface area contributed by atoms with Gasteiger partial charge in [0.05, 0.1) is 24.5 Å². The van der Waals surface area contributed by atoms with Gasteiger partial charge in [0.15, 0.2) is 11.5 Å². The first-order valence-electron chi connectivity index (χ1n) is 12.7. The van der Waals surface area contributed by atoms with E-state index in [-0.39, 0.29) is 6.04 Å². The first kappa shape index (κ1) is 25.0. The van der Waals surface area contributed by atoms with Crippen molar-refractivity contribution in [2.45, 2.75) is 51.2 Å². The minimum absolute atomic E-state index is 0.168. The maximum atomic E-state index is 13.3. The van der Waals surface area contributed by atoms with E-state index in [1.54, 1.807) is 30.0 Å². The van der Waals surface area contributed by atoms with Crippen LogP contribution >= 0.6 is 0 Å². The number of benzene rings is 1. The van der Waals surface area contributed by atoms with Crippen LogP contribution in [0.4, 0.5) is 13.2 Å². The lowest BCUT2D eigenvalue weighted by Gasteiger charge is -2.12. The number of imidazole rings is 1. The molecule has 0 spiro atoms. The van der Waals surface area contributed by atoms with Crippen molar-refractivity contribution in [3.8, 4) is 28.7 Å². The van der Waals surface area contributed by atoms with Crippen LogP contribution in [0.1, 0.15) is 61.3 Å². The number of hydrogen-bond acceptors (Lipinski definition) is 6. The van der Waals surface area contributed by atoms with Gasteiger partial charge in [-0.2, -0.15) is 13.2 Å². The van der Waals surface area contributed by atoms with Gasteiger partial charge in [-0.05, 0) is 44.4 Å². The third kappa shape index (κ3) is 4.73. The van der Waals surface area contributed by atoms with E-state index in [4.69, 9.17) is 9.84 Å². The summed E-state index contributed by atoms with van der Waals surface area (Å²) >= 11 is 0. The standard InChI is InChI=1S/C28H26F3N7O/c1-16(2)37-14-22(28(29,30)31)35-26(37)19-6-4-17(5-7-19)12-20-10-11-21-13-32-25(36-38(20)21)23-24(18-8-9-18)33-15-34-27(23)39-3/h4-7,10-11,13-16,18H,8-9,12H2,1-3H3. The highest BCUT2D eigenvalue weighted by molar-refractivity contribution is 5.66. The zero-order valence-corrected chi connectivity index (χ0v) is 21.6. The highest BCUT2D eigenvalue weighted by Crippen LogP contribution is 2.44. The van der Waals surface area contributed by atoms with Gasteiger partial charge < -0.3 is 9.30 Å². The van der Waals surface area contributed by atoms with Gasteiger partial charge in [0.2, 0.25) is 5.88 Å². The van der Waals surface area contributed by atoms with Crippen LogP contribution in [0.2, 0.25) is 0 Å². The molecule has 4 aromatic heterocycles. The molecule has 0 radical (unpaired) electrons. The van der Waals surface area contributed by atoms with E-state index in [9.17, 15) is 13.2 Å². The summed E-state index contributed by atoms with van der Waals surface area (Å²) in [5, 5.41) is 4.83. The van der Waals surface area contributed by atoms with E-state index >= 15 is 0 Å². The lowest BCUT2D eigenvalue weighted by Crippen LogP contribution is -2.06. The molecule has 200 valence electrons. The van der Waals surface area contributed by atoms with Gasteiger partial charge in [0.1, 0.15) is 17.7 Å². The fraction of sp³-hybridized carbons (Fsp3) is 0.321. The van der Waals surface area contributed by atoms with Gasteiger partial charge in [-0.3, -0.25) is 0 Å². The molecule has 8 nitrogen and oxygen atoms in total. The maximum Gasteiger partial charge on any atom is 0.434 e. The van der Waals surface area contributed by atoms with E-state index in [0.29, 0.717) is 41.0 Å². The third-order valence-corrected chi connectivity index (χ3v) is 6.88. The molecule has 6 rings (SSSR count). The molecule has 0 bridgehead atoms. The summed E-state index contributed by atoms with van der Waals surface area (Å²) in [5.74, 6) is 1.59. The monoisotopic (exact) mass is 533 g/mol. The van der Waals surface area contributed by atoms with Crippen molar-refractivity contribution in [2.24, 2.45) is 0 Å². The number of methoxy groups -OCH3 is 1. The van der Waals surface area contributed by atoms with E-state index in [1.165, 1.54) is 6.33 Å². The molecule has 5 aromatic rings. The number of fused-ring (bicyclic) bond motifs is 1. The fourth-order valence-electron chi connectivity index (χ4n) is 4.74. The van der Waals surface area contributed by atoms with Gasteiger partial charge in [-0.25, -0.2) is 24.5 Å². The molecule has 0 unspecified atom stereocenters. The summed E-state index contributed by atoms with van der Waals surface area (Å²) in [7, 11) is 1.57. The summed E-state index contributed by atoms with van der Waals surface area (Å²) < 4.78 is 48.8. The van der Waals surface area contributed by atoms with Crippen LogP contribution in [0.15, 0.2) is 55.1 Å². The molecule has 0 saturated heterocycles. The highest BCUT2D eigenvalue weighted by Gasteiger charge is 2.35. The molecule has 1 aliphatic rings. The van der Waals surface area contributed by atoms with Gasteiger partial charge in [-0.15, -0.1) is 5.10 Å². The minimum atomic E-state index is -4.50. The second-order valence-electron chi connectivity index (χ2n) is 9.98. The Morgan fingerprint density at radius 1 is 1.03 bits per heavy atom. The predicted molar refractivity (Wildman–Crippen MR) is 138 cm³/mol. The molecule has 0 amide bonds. The summed E-state index contributed by atoms with van der Waals surface area (Å²) in [4.78, 5) is 17.2. The Balaban J connectivity index is 1.32. The van der Waals surface area contributed by atoms with E-state index in [1.807, 2.05) is 42.6 Å². The number of rotatable bonds is 7. The molecule has 0 atom stereocenters. The molecule has 1 fully saturated rings. The van der Waals surface area contributed by atoms with Crippen LogP contribution in [0.3, 0.4) is 0 Å². The summed E-state index contributed by atoms with van der Waals surface area (Å²) in [6.45, 7) is 3.66. The number of halogens is 3. The quantitative estimate of drug-likeness (QED) is 0.250. The van der Waals surface area contributed by atoms with Crippen molar-refractivity contribution < 1.29 is 17.9 Å². The smallest absolute Gasteiger partial charge is 0.434 e. The molecule has 0 aliphatic heterocycles. The number of nitrogens with zero attached hydrogens (tertiary/aromatic N) is 7. The third-order valence-electron chi connectivity index (χ3n) is 6.88. The topological polar surface area (TPSA) is 83.0 Å². The zero-order chi connectivity index (χ0) is 27.3. The number of alkyl halides is 3. The molecule has 11 heteroatoms. The van der Waals surface area contributed by atoms with Crippen LogP contribution in [0, 0.1) is 0 Å². The Morgan fingerprint density at radius 3 is 2.46 bits per heavy atom. The highest BCUT2D eigenvalue weighted by atomic mass is 19.4. The van der Waals surface area contributed by atoms with E-state index < -0.39 is 11.9 Å². The lowest BCUT2D eigenvalue weighted by molar-refractivity contribution is -0.140. The van der Waals surface area contributed by atoms with Crippen LogP contribution in [-0.4, -0.2) is 41.2 Å². The first-order valence-corrected chi connectivity index (χ1v) is 12.7. The van der Waals surface area contributed by atoms with Crippen LogP contribution in [0.25, 0.3) is 28.3 Å². The van der Waals surface area contributed by atoms with Gasteiger partial charge >= 0.3 is 6.18 Å². The molecule has 1 aromatic carbocycles. The molecule has 1 saturated carbocycles. The Hall–Kier alpha value is -4.28. The average Bonchev–Trinajstić information content (AvgIpc) is 3.53. The average molecular weight is 534 g/mol. The zero-order valence-electron chi connectivity index (χ0n) is 21.6. The van der Waals surface area contributed by atoms with Crippen molar-refractivity contribution in [3.63, 3.8) is 0 Å². The second kappa shape index (κ2) is 9.48. The molecular formula is C28H26F3N7O. The molecule has 39 heavy (non-hydrogen) atoms. The van der Waals surface area contributed by atoms with Crippen molar-refractivity contribution in [2.75, 3.05) is 7.11 Å². The minimum Gasteiger partial charge on any atom is -0.480 e. The van der Waals surface area contributed by atoms with Crippen molar-refractivity contribution in [3.05, 3.63) is 77.8 Å².